The summed E-state index contributed by atoms with van der Waals surface area (Å²) in [6, 6.07) is 8.93. The van der Waals surface area contributed by atoms with Gasteiger partial charge in [0.25, 0.3) is 0 Å². The van der Waals surface area contributed by atoms with Crippen LogP contribution in [-0.2, 0) is 11.3 Å². The Bertz CT molecular complexity index is 1100. The van der Waals surface area contributed by atoms with Crippen LogP contribution in [0.25, 0.3) is 10.9 Å². The molecular weight excluding hydrogens is 396 g/mol. The third-order valence-corrected chi connectivity index (χ3v) is 7.59. The molecule has 1 amide bonds. The number of aryl methyl sites for hydroxylation is 1. The van der Waals surface area contributed by atoms with E-state index in [0.717, 1.165) is 63.1 Å². The standard InChI is InChI=1S/C27H32N4O/c1-2-29-19-25(21-11-15-31(16-12-21)27(32)22-5-3-4-6-22)24-17-23(7-8-26(24)29)30-13-9-20(18-28)10-14-30/h7-10,13,17,19,21-22H,2-6,11-12,14-16H2,1H3. The smallest absolute Gasteiger partial charge is 0.225 e. The van der Waals surface area contributed by atoms with Crippen molar-refractivity contribution < 1.29 is 4.79 Å². The van der Waals surface area contributed by atoms with Crippen molar-refractivity contribution in [2.45, 2.75) is 57.9 Å². The monoisotopic (exact) mass is 428 g/mol. The van der Waals surface area contributed by atoms with Crippen LogP contribution in [0.15, 0.2) is 48.3 Å². The first-order valence-corrected chi connectivity index (χ1v) is 12.1. The number of fused-ring (bicyclic) bond motifs is 1. The first-order valence-electron chi connectivity index (χ1n) is 12.1. The molecule has 5 rings (SSSR count). The van der Waals surface area contributed by atoms with E-state index < -0.39 is 0 Å². The van der Waals surface area contributed by atoms with Crippen LogP contribution in [0.5, 0.6) is 0 Å². The molecule has 1 aromatic carbocycles. The van der Waals surface area contributed by atoms with Gasteiger partial charge in [-0.3, -0.25) is 4.79 Å². The van der Waals surface area contributed by atoms with Crippen molar-refractivity contribution in [1.82, 2.24) is 9.47 Å². The van der Waals surface area contributed by atoms with Crippen LogP contribution in [0.3, 0.4) is 0 Å². The predicted molar refractivity (Wildman–Crippen MR) is 128 cm³/mol. The van der Waals surface area contributed by atoms with Gasteiger partial charge in [0.2, 0.25) is 5.91 Å². The quantitative estimate of drug-likeness (QED) is 0.660. The van der Waals surface area contributed by atoms with Gasteiger partial charge in [0, 0.05) is 61.1 Å². The van der Waals surface area contributed by atoms with Gasteiger partial charge in [0.1, 0.15) is 0 Å². The molecule has 5 heteroatoms. The molecule has 2 fully saturated rings. The summed E-state index contributed by atoms with van der Waals surface area (Å²) in [5.41, 5.74) is 4.58. The molecule has 3 heterocycles. The van der Waals surface area contributed by atoms with E-state index in [1.165, 1.54) is 29.3 Å². The zero-order chi connectivity index (χ0) is 22.1. The average Bonchev–Trinajstić information content (AvgIpc) is 3.52. The SMILES string of the molecule is CCn1cc(C2CCN(C(=O)C3CCCC3)CC2)c2cc(N3C=CC(C#N)=CC3)ccc21. The second-order valence-electron chi connectivity index (χ2n) is 9.39. The molecule has 1 aromatic heterocycles. The van der Waals surface area contributed by atoms with Crippen LogP contribution in [0, 0.1) is 17.2 Å². The molecule has 0 unspecified atom stereocenters. The number of hydrogen-bond acceptors (Lipinski definition) is 3. The highest BCUT2D eigenvalue weighted by atomic mass is 16.2. The first kappa shape index (κ1) is 20.9. The second-order valence-corrected chi connectivity index (χ2v) is 9.39. The van der Waals surface area contributed by atoms with Crippen molar-refractivity contribution in [3.8, 4) is 6.07 Å². The topological polar surface area (TPSA) is 52.3 Å². The second kappa shape index (κ2) is 8.86. The number of rotatable bonds is 4. The summed E-state index contributed by atoms with van der Waals surface area (Å²) >= 11 is 0. The minimum Gasteiger partial charge on any atom is -0.347 e. The number of benzene rings is 1. The molecular formula is C27H32N4O. The van der Waals surface area contributed by atoms with E-state index in [0.29, 0.717) is 11.8 Å². The zero-order valence-electron chi connectivity index (χ0n) is 19.0. The van der Waals surface area contributed by atoms with Crippen LogP contribution in [0.1, 0.15) is 56.9 Å². The Hall–Kier alpha value is -3.00. The number of nitrogens with zero attached hydrogens (tertiary/aromatic N) is 4. The number of carbonyl (C=O) groups is 1. The summed E-state index contributed by atoms with van der Waals surface area (Å²) in [6.07, 6.45) is 14.9. The van der Waals surface area contributed by atoms with Crippen LogP contribution in [0.4, 0.5) is 5.69 Å². The van der Waals surface area contributed by atoms with Crippen LogP contribution >= 0.6 is 0 Å². The van der Waals surface area contributed by atoms with E-state index in [9.17, 15) is 4.79 Å². The minimum atomic E-state index is 0.282. The largest absolute Gasteiger partial charge is 0.347 e. The summed E-state index contributed by atoms with van der Waals surface area (Å²) in [4.78, 5) is 17.2. The molecule has 0 atom stereocenters. The summed E-state index contributed by atoms with van der Waals surface area (Å²) in [6.45, 7) is 5.63. The summed E-state index contributed by atoms with van der Waals surface area (Å²) in [7, 11) is 0. The Morgan fingerprint density at radius 1 is 1.16 bits per heavy atom. The maximum atomic E-state index is 12.9. The highest BCUT2D eigenvalue weighted by Crippen LogP contribution is 2.37. The Labute approximate surface area is 190 Å². The molecule has 2 aromatic rings. The maximum absolute atomic E-state index is 12.9. The van der Waals surface area contributed by atoms with E-state index >= 15 is 0 Å². The molecule has 1 saturated heterocycles. The molecule has 5 nitrogen and oxygen atoms in total. The lowest BCUT2D eigenvalue weighted by atomic mass is 9.88. The van der Waals surface area contributed by atoms with Gasteiger partial charge in [0.15, 0.2) is 0 Å². The Kier molecular flexibility index (Phi) is 5.78. The lowest BCUT2D eigenvalue weighted by Crippen LogP contribution is -2.40. The molecule has 3 aliphatic rings. The Morgan fingerprint density at radius 3 is 2.59 bits per heavy atom. The van der Waals surface area contributed by atoms with Gasteiger partial charge in [-0.15, -0.1) is 0 Å². The predicted octanol–water partition coefficient (Wildman–Crippen LogP) is 5.34. The molecule has 0 spiro atoms. The minimum absolute atomic E-state index is 0.282. The number of allylic oxidation sites excluding steroid dienone is 2. The lowest BCUT2D eigenvalue weighted by molar-refractivity contribution is -0.136. The fourth-order valence-corrected chi connectivity index (χ4v) is 5.69. The van der Waals surface area contributed by atoms with Crippen molar-refractivity contribution in [3.63, 3.8) is 0 Å². The molecule has 0 N–H and O–H groups in total. The number of anilines is 1. The van der Waals surface area contributed by atoms with E-state index in [2.05, 4.69) is 51.8 Å². The van der Waals surface area contributed by atoms with Crippen LogP contribution in [0.2, 0.25) is 0 Å². The third-order valence-electron chi connectivity index (χ3n) is 7.59. The van der Waals surface area contributed by atoms with Crippen molar-refractivity contribution in [2.24, 2.45) is 5.92 Å². The van der Waals surface area contributed by atoms with Gasteiger partial charge in [-0.05, 0) is 74.4 Å². The van der Waals surface area contributed by atoms with Crippen molar-refractivity contribution in [1.29, 1.82) is 5.26 Å². The lowest BCUT2D eigenvalue weighted by Gasteiger charge is -2.33. The van der Waals surface area contributed by atoms with E-state index in [1.807, 2.05) is 18.4 Å². The number of amides is 1. The first-order chi connectivity index (χ1) is 15.7. The molecule has 1 aliphatic carbocycles. The van der Waals surface area contributed by atoms with Gasteiger partial charge in [-0.25, -0.2) is 0 Å². The van der Waals surface area contributed by atoms with Crippen molar-refractivity contribution in [2.75, 3.05) is 24.5 Å². The van der Waals surface area contributed by atoms with Gasteiger partial charge < -0.3 is 14.4 Å². The molecule has 166 valence electrons. The number of likely N-dealkylation sites (tertiary alicyclic amines) is 1. The fourth-order valence-electron chi connectivity index (χ4n) is 5.69. The fraction of sp³-hybridized carbons (Fsp3) is 0.481. The van der Waals surface area contributed by atoms with E-state index in [1.54, 1.807) is 0 Å². The summed E-state index contributed by atoms with van der Waals surface area (Å²) in [5, 5.41) is 10.4. The van der Waals surface area contributed by atoms with Crippen LogP contribution < -0.4 is 4.90 Å². The van der Waals surface area contributed by atoms with Crippen molar-refractivity contribution >= 4 is 22.5 Å². The Morgan fingerprint density at radius 2 is 1.94 bits per heavy atom. The van der Waals surface area contributed by atoms with E-state index in [4.69, 9.17) is 5.26 Å². The van der Waals surface area contributed by atoms with Gasteiger partial charge in [-0.1, -0.05) is 12.8 Å². The number of aromatic nitrogens is 1. The highest BCUT2D eigenvalue weighted by molar-refractivity contribution is 5.88. The van der Waals surface area contributed by atoms with E-state index in [-0.39, 0.29) is 5.92 Å². The zero-order valence-corrected chi connectivity index (χ0v) is 19.0. The average molecular weight is 429 g/mol. The van der Waals surface area contributed by atoms with Gasteiger partial charge in [-0.2, -0.15) is 5.26 Å². The molecule has 0 radical (unpaired) electrons. The summed E-state index contributed by atoms with van der Waals surface area (Å²) in [5.74, 6) is 1.18. The van der Waals surface area contributed by atoms with Crippen molar-refractivity contribution in [3.05, 3.63) is 53.9 Å². The molecule has 32 heavy (non-hydrogen) atoms. The Balaban J connectivity index is 1.37. The number of carbonyl (C=O) groups excluding carboxylic acids is 1. The number of nitriles is 1. The normalized spacial score (nSPS) is 20.1. The number of hydrogen-bond donors (Lipinski definition) is 0. The maximum Gasteiger partial charge on any atom is 0.225 e. The molecule has 1 saturated carbocycles. The van der Waals surface area contributed by atoms with Gasteiger partial charge in [0.05, 0.1) is 11.6 Å². The third kappa shape index (κ3) is 3.83. The molecule has 2 aliphatic heterocycles. The van der Waals surface area contributed by atoms with Gasteiger partial charge >= 0.3 is 0 Å². The van der Waals surface area contributed by atoms with Crippen LogP contribution in [-0.4, -0.2) is 35.0 Å². The number of piperidine rings is 1. The summed E-state index contributed by atoms with van der Waals surface area (Å²) < 4.78 is 2.35. The highest BCUT2D eigenvalue weighted by Gasteiger charge is 2.31. The molecule has 0 bridgehead atoms.